The van der Waals surface area contributed by atoms with E-state index in [1.807, 2.05) is 0 Å². The summed E-state index contributed by atoms with van der Waals surface area (Å²) in [5.74, 6) is 1.79. The van der Waals surface area contributed by atoms with Crippen molar-refractivity contribution in [3.63, 3.8) is 0 Å². The molecule has 128 valence electrons. The molecule has 23 heavy (non-hydrogen) atoms. The Balaban J connectivity index is 0.00000264. The minimum Gasteiger partial charge on any atom is -0.496 e. The van der Waals surface area contributed by atoms with Crippen LogP contribution in [0.3, 0.4) is 0 Å². The van der Waals surface area contributed by atoms with Crippen molar-refractivity contribution in [2.45, 2.75) is 26.3 Å². The first-order chi connectivity index (χ1) is 10.5. The number of hydrogen-bond donors (Lipinski definition) is 1. The largest absolute Gasteiger partial charge is 0.496 e. The van der Waals surface area contributed by atoms with E-state index < -0.39 is 4.92 Å². The van der Waals surface area contributed by atoms with Crippen LogP contribution >= 0.6 is 24.0 Å². The van der Waals surface area contributed by atoms with Gasteiger partial charge in [0.05, 0.1) is 18.6 Å². The number of piperidine rings is 1. The van der Waals surface area contributed by atoms with Crippen LogP contribution in [0.1, 0.15) is 25.3 Å². The fourth-order valence-corrected chi connectivity index (χ4v) is 2.51. The highest BCUT2D eigenvalue weighted by Crippen LogP contribution is 2.24. The summed E-state index contributed by atoms with van der Waals surface area (Å²) in [6.07, 6.45) is 2.21. The molecule has 2 N–H and O–H groups in total. The Hall–Kier alpha value is -1.58. The number of nitrogens with two attached hydrogens (primary N) is 1. The summed E-state index contributed by atoms with van der Waals surface area (Å²) in [6.45, 7) is 4.31. The molecule has 0 bridgehead atoms. The number of non-ortho nitro benzene ring substituents is 1. The normalized spacial score (nSPS) is 15.9. The van der Waals surface area contributed by atoms with Gasteiger partial charge in [0.25, 0.3) is 5.69 Å². The zero-order chi connectivity index (χ0) is 16.1. The Morgan fingerprint density at radius 1 is 1.48 bits per heavy atom. The van der Waals surface area contributed by atoms with E-state index in [0.29, 0.717) is 17.3 Å². The first kappa shape index (κ1) is 19.5. The number of likely N-dealkylation sites (tertiary alicyclic amines) is 1. The van der Waals surface area contributed by atoms with E-state index in [9.17, 15) is 10.1 Å². The van der Waals surface area contributed by atoms with Crippen LogP contribution in [0.15, 0.2) is 23.2 Å². The minimum absolute atomic E-state index is 0. The van der Waals surface area contributed by atoms with Crippen molar-refractivity contribution >= 4 is 35.6 Å². The molecule has 1 aliphatic heterocycles. The van der Waals surface area contributed by atoms with Gasteiger partial charge in [0, 0.05) is 30.8 Å². The molecule has 0 amide bonds. The van der Waals surface area contributed by atoms with E-state index in [1.54, 1.807) is 6.07 Å². The van der Waals surface area contributed by atoms with E-state index in [0.717, 1.165) is 31.8 Å². The quantitative estimate of drug-likeness (QED) is 0.259. The lowest BCUT2D eigenvalue weighted by molar-refractivity contribution is -0.384. The van der Waals surface area contributed by atoms with Crippen LogP contribution in [-0.2, 0) is 6.54 Å². The third kappa shape index (κ3) is 5.22. The predicted molar refractivity (Wildman–Crippen MR) is 100 cm³/mol. The average Bonchev–Trinajstić information content (AvgIpc) is 2.52. The van der Waals surface area contributed by atoms with E-state index in [1.165, 1.54) is 19.2 Å². The average molecular weight is 434 g/mol. The van der Waals surface area contributed by atoms with Gasteiger partial charge in [-0.25, -0.2) is 4.99 Å². The van der Waals surface area contributed by atoms with Gasteiger partial charge in [-0.15, -0.1) is 24.0 Å². The molecule has 0 atom stereocenters. The number of halogens is 1. The third-order valence-corrected chi connectivity index (χ3v) is 3.99. The summed E-state index contributed by atoms with van der Waals surface area (Å²) >= 11 is 0. The van der Waals surface area contributed by atoms with Gasteiger partial charge in [-0.3, -0.25) is 10.1 Å². The van der Waals surface area contributed by atoms with Crippen molar-refractivity contribution in [2.24, 2.45) is 16.6 Å². The lowest BCUT2D eigenvalue weighted by atomic mass is 10.00. The molecule has 0 spiro atoms. The van der Waals surface area contributed by atoms with Gasteiger partial charge in [-0.05, 0) is 24.8 Å². The second-order valence-corrected chi connectivity index (χ2v) is 5.60. The summed E-state index contributed by atoms with van der Waals surface area (Å²) in [5, 5.41) is 10.9. The van der Waals surface area contributed by atoms with E-state index in [4.69, 9.17) is 10.5 Å². The number of aliphatic imine (C=N–C) groups is 1. The van der Waals surface area contributed by atoms with E-state index in [-0.39, 0.29) is 36.2 Å². The highest BCUT2D eigenvalue weighted by molar-refractivity contribution is 14.0. The van der Waals surface area contributed by atoms with Gasteiger partial charge in [0.2, 0.25) is 0 Å². The fourth-order valence-electron chi connectivity index (χ4n) is 2.51. The van der Waals surface area contributed by atoms with Gasteiger partial charge in [0.1, 0.15) is 5.75 Å². The number of benzene rings is 1. The molecular weight excluding hydrogens is 411 g/mol. The molecular formula is C15H23IN4O3. The maximum absolute atomic E-state index is 10.9. The monoisotopic (exact) mass is 434 g/mol. The molecule has 0 unspecified atom stereocenters. The van der Waals surface area contributed by atoms with Crippen LogP contribution in [-0.4, -0.2) is 36.0 Å². The topological polar surface area (TPSA) is 94.0 Å². The summed E-state index contributed by atoms with van der Waals surface area (Å²) in [7, 11) is 1.53. The van der Waals surface area contributed by atoms with Gasteiger partial charge in [-0.2, -0.15) is 0 Å². The molecule has 1 saturated heterocycles. The van der Waals surface area contributed by atoms with Crippen molar-refractivity contribution in [1.29, 1.82) is 0 Å². The Kier molecular flexibility index (Phi) is 7.53. The molecule has 7 nitrogen and oxygen atoms in total. The molecule has 0 saturated carbocycles. The zero-order valence-corrected chi connectivity index (χ0v) is 15.7. The number of methoxy groups -OCH3 is 1. The smallest absolute Gasteiger partial charge is 0.270 e. The summed E-state index contributed by atoms with van der Waals surface area (Å²) in [4.78, 5) is 16.9. The van der Waals surface area contributed by atoms with Gasteiger partial charge < -0.3 is 15.4 Å². The molecule has 1 aromatic carbocycles. The Morgan fingerprint density at radius 3 is 2.70 bits per heavy atom. The van der Waals surface area contributed by atoms with Gasteiger partial charge in [-0.1, -0.05) is 6.92 Å². The molecule has 1 aliphatic rings. The number of nitrogens with zero attached hydrogens (tertiary/aromatic N) is 3. The van der Waals surface area contributed by atoms with Crippen LogP contribution in [0.25, 0.3) is 0 Å². The first-order valence-corrected chi connectivity index (χ1v) is 7.37. The van der Waals surface area contributed by atoms with Crippen LogP contribution < -0.4 is 10.5 Å². The highest BCUT2D eigenvalue weighted by atomic mass is 127. The number of rotatable bonds is 4. The van der Waals surface area contributed by atoms with Gasteiger partial charge in [0.15, 0.2) is 5.96 Å². The number of hydrogen-bond acceptors (Lipinski definition) is 4. The number of nitro groups is 1. The summed E-state index contributed by atoms with van der Waals surface area (Å²) in [5.41, 5.74) is 6.71. The van der Waals surface area contributed by atoms with Crippen LogP contribution in [0.4, 0.5) is 5.69 Å². The molecule has 2 rings (SSSR count). The maximum Gasteiger partial charge on any atom is 0.270 e. The number of nitro benzene ring substituents is 1. The van der Waals surface area contributed by atoms with Crippen LogP contribution in [0.5, 0.6) is 5.75 Å². The Morgan fingerprint density at radius 2 is 2.13 bits per heavy atom. The zero-order valence-electron chi connectivity index (χ0n) is 13.4. The van der Waals surface area contributed by atoms with Crippen molar-refractivity contribution < 1.29 is 9.66 Å². The summed E-state index contributed by atoms with van der Waals surface area (Å²) in [6, 6.07) is 4.48. The van der Waals surface area contributed by atoms with Crippen LogP contribution in [0.2, 0.25) is 0 Å². The third-order valence-electron chi connectivity index (χ3n) is 3.99. The lowest BCUT2D eigenvalue weighted by Crippen LogP contribution is -2.42. The van der Waals surface area contributed by atoms with Crippen molar-refractivity contribution in [1.82, 2.24) is 4.90 Å². The van der Waals surface area contributed by atoms with Gasteiger partial charge >= 0.3 is 0 Å². The summed E-state index contributed by atoms with van der Waals surface area (Å²) < 4.78 is 5.23. The SMILES string of the molecule is COc1ccc([N+](=O)[O-])cc1CN=C(N)N1CCC(C)CC1.I. The standard InChI is InChI=1S/C15H22N4O3.HI/c1-11-5-7-18(8-6-11)15(16)17-10-12-9-13(19(20)21)3-4-14(12)22-2;/h3-4,9,11H,5-8,10H2,1-2H3,(H2,16,17);1H. The molecule has 0 radical (unpaired) electrons. The maximum atomic E-state index is 10.9. The molecule has 1 fully saturated rings. The molecule has 0 aromatic heterocycles. The Labute approximate surface area is 153 Å². The minimum atomic E-state index is -0.429. The van der Waals surface area contributed by atoms with Crippen molar-refractivity contribution in [3.8, 4) is 5.75 Å². The van der Waals surface area contributed by atoms with E-state index in [2.05, 4.69) is 16.8 Å². The van der Waals surface area contributed by atoms with Crippen molar-refractivity contribution in [3.05, 3.63) is 33.9 Å². The molecule has 8 heteroatoms. The first-order valence-electron chi connectivity index (χ1n) is 7.37. The second kappa shape index (κ2) is 8.90. The number of guanidine groups is 1. The highest BCUT2D eigenvalue weighted by Gasteiger charge is 2.17. The second-order valence-electron chi connectivity index (χ2n) is 5.60. The molecule has 0 aliphatic carbocycles. The number of ether oxygens (including phenoxy) is 1. The Bertz CT molecular complexity index is 572. The lowest BCUT2D eigenvalue weighted by Gasteiger charge is -2.31. The van der Waals surface area contributed by atoms with Crippen LogP contribution in [0, 0.1) is 16.0 Å². The molecule has 1 heterocycles. The van der Waals surface area contributed by atoms with E-state index >= 15 is 0 Å². The molecule has 1 aromatic rings. The fraction of sp³-hybridized carbons (Fsp3) is 0.533. The van der Waals surface area contributed by atoms with Crippen molar-refractivity contribution in [2.75, 3.05) is 20.2 Å². The predicted octanol–water partition coefficient (Wildman–Crippen LogP) is 2.77.